The molecule has 3 nitrogen and oxygen atoms in total. The van der Waals surface area contributed by atoms with E-state index in [4.69, 9.17) is 0 Å². The molecule has 1 aliphatic carbocycles. The smallest absolute Gasteiger partial charge is 0.254 e. The molecule has 66 valence electrons. The number of hydrogen-bond donors (Lipinski definition) is 1. The third-order valence-corrected chi connectivity index (χ3v) is 2.05. The van der Waals surface area contributed by atoms with Crippen molar-refractivity contribution in [1.82, 2.24) is 5.32 Å². The summed E-state index contributed by atoms with van der Waals surface area (Å²) in [6, 6.07) is 0. The standard InChI is InChI=1S/C10H10N2O/c13-10-8-5-3-1-2-4-6-9(8)11-7-12-10/h2-3,5H,4,6-7H2,(H,12,13). The monoisotopic (exact) mass is 174 g/mol. The van der Waals surface area contributed by atoms with Crippen molar-refractivity contribution in [3.8, 4) is 0 Å². The zero-order valence-corrected chi connectivity index (χ0v) is 7.21. The van der Waals surface area contributed by atoms with Crippen LogP contribution >= 0.6 is 0 Å². The van der Waals surface area contributed by atoms with Gasteiger partial charge in [0.05, 0.1) is 11.3 Å². The largest absolute Gasteiger partial charge is 0.333 e. The molecule has 0 spiro atoms. The summed E-state index contributed by atoms with van der Waals surface area (Å²) in [5, 5.41) is 2.68. The second-order valence-electron chi connectivity index (χ2n) is 2.93. The Balaban J connectivity index is 2.42. The summed E-state index contributed by atoms with van der Waals surface area (Å²) in [4.78, 5) is 15.6. The Labute approximate surface area is 76.5 Å². The van der Waals surface area contributed by atoms with Crippen LogP contribution in [0.2, 0.25) is 0 Å². The fraction of sp³-hybridized carbons (Fsp3) is 0.300. The first-order chi connectivity index (χ1) is 6.38. The summed E-state index contributed by atoms with van der Waals surface area (Å²) in [6.07, 6.45) is 7.22. The van der Waals surface area contributed by atoms with E-state index in [-0.39, 0.29) is 5.91 Å². The third kappa shape index (κ3) is 1.60. The first-order valence-corrected chi connectivity index (χ1v) is 4.31. The van der Waals surface area contributed by atoms with Gasteiger partial charge >= 0.3 is 0 Å². The number of carbonyl (C=O) groups is 1. The van der Waals surface area contributed by atoms with Crippen LogP contribution < -0.4 is 5.32 Å². The summed E-state index contributed by atoms with van der Waals surface area (Å²) >= 11 is 0. The van der Waals surface area contributed by atoms with Crippen LogP contribution in [-0.4, -0.2) is 18.3 Å². The highest BCUT2D eigenvalue weighted by Crippen LogP contribution is 2.11. The van der Waals surface area contributed by atoms with Crippen molar-refractivity contribution >= 4 is 11.6 Å². The number of fused-ring (bicyclic) bond motifs is 1. The molecule has 2 aliphatic rings. The van der Waals surface area contributed by atoms with Gasteiger partial charge < -0.3 is 5.32 Å². The summed E-state index contributed by atoms with van der Waals surface area (Å²) in [7, 11) is 0. The van der Waals surface area contributed by atoms with E-state index in [1.54, 1.807) is 12.2 Å². The van der Waals surface area contributed by atoms with Crippen LogP contribution in [0.1, 0.15) is 12.8 Å². The summed E-state index contributed by atoms with van der Waals surface area (Å²) < 4.78 is 0. The van der Waals surface area contributed by atoms with Crippen molar-refractivity contribution in [3.63, 3.8) is 0 Å². The van der Waals surface area contributed by atoms with Gasteiger partial charge in [-0.15, -0.1) is 5.73 Å². The van der Waals surface area contributed by atoms with Crippen LogP contribution in [0.5, 0.6) is 0 Å². The lowest BCUT2D eigenvalue weighted by molar-refractivity contribution is -0.117. The lowest BCUT2D eigenvalue weighted by Crippen LogP contribution is -2.33. The number of nitrogens with zero attached hydrogens (tertiary/aromatic N) is 1. The van der Waals surface area contributed by atoms with Crippen molar-refractivity contribution < 1.29 is 4.79 Å². The van der Waals surface area contributed by atoms with Gasteiger partial charge in [0.2, 0.25) is 0 Å². The van der Waals surface area contributed by atoms with Crippen LogP contribution in [-0.2, 0) is 4.79 Å². The summed E-state index contributed by atoms with van der Waals surface area (Å²) in [6.45, 7) is 0.416. The van der Waals surface area contributed by atoms with E-state index in [0.717, 1.165) is 18.6 Å². The molecule has 0 bridgehead atoms. The quantitative estimate of drug-likeness (QED) is 0.546. The first kappa shape index (κ1) is 8.02. The lowest BCUT2D eigenvalue weighted by Gasteiger charge is -2.15. The molecular formula is C10H10N2O. The maximum Gasteiger partial charge on any atom is 0.254 e. The molecule has 0 atom stereocenters. The van der Waals surface area contributed by atoms with Gasteiger partial charge in [-0.05, 0) is 31.1 Å². The van der Waals surface area contributed by atoms with Gasteiger partial charge in [0.15, 0.2) is 0 Å². The molecule has 0 radical (unpaired) electrons. The number of amides is 1. The molecule has 0 aromatic rings. The molecule has 2 rings (SSSR count). The predicted octanol–water partition coefficient (Wildman–Crippen LogP) is 0.946. The summed E-state index contributed by atoms with van der Waals surface area (Å²) in [5.74, 6) is -0.0232. The molecule has 0 unspecified atom stereocenters. The number of aliphatic imine (C=N–C) groups is 1. The van der Waals surface area contributed by atoms with Gasteiger partial charge in [0.25, 0.3) is 5.91 Å². The molecule has 0 saturated heterocycles. The molecule has 0 fully saturated rings. The van der Waals surface area contributed by atoms with Gasteiger partial charge in [-0.3, -0.25) is 9.79 Å². The second kappa shape index (κ2) is 3.42. The molecule has 0 saturated carbocycles. The highest BCUT2D eigenvalue weighted by atomic mass is 16.1. The van der Waals surface area contributed by atoms with E-state index >= 15 is 0 Å². The van der Waals surface area contributed by atoms with Crippen LogP contribution in [0, 0.1) is 0 Å². The molecule has 1 aliphatic heterocycles. The minimum atomic E-state index is -0.0232. The van der Waals surface area contributed by atoms with Gasteiger partial charge in [-0.25, -0.2) is 0 Å². The Morgan fingerprint density at radius 2 is 2.46 bits per heavy atom. The van der Waals surface area contributed by atoms with E-state index in [1.165, 1.54) is 0 Å². The Morgan fingerprint density at radius 3 is 3.38 bits per heavy atom. The zero-order chi connectivity index (χ0) is 9.10. The van der Waals surface area contributed by atoms with E-state index in [9.17, 15) is 4.79 Å². The average Bonchev–Trinajstić information content (AvgIpc) is 2.07. The molecule has 1 N–H and O–H groups in total. The molecule has 13 heavy (non-hydrogen) atoms. The molecule has 3 heteroatoms. The number of rotatable bonds is 0. The Morgan fingerprint density at radius 1 is 1.54 bits per heavy atom. The average molecular weight is 174 g/mol. The normalized spacial score (nSPS) is 20.8. The number of allylic oxidation sites excluding steroid dienone is 2. The fourth-order valence-corrected chi connectivity index (χ4v) is 1.40. The number of hydrogen-bond acceptors (Lipinski definition) is 2. The van der Waals surface area contributed by atoms with Crippen LogP contribution in [0.25, 0.3) is 0 Å². The molecule has 1 heterocycles. The lowest BCUT2D eigenvalue weighted by atomic mass is 10.0. The molecule has 1 amide bonds. The minimum Gasteiger partial charge on any atom is -0.333 e. The van der Waals surface area contributed by atoms with Crippen LogP contribution in [0.3, 0.4) is 0 Å². The van der Waals surface area contributed by atoms with Gasteiger partial charge in [-0.2, -0.15) is 0 Å². The highest BCUT2D eigenvalue weighted by molar-refractivity contribution is 6.22. The molecule has 0 aromatic heterocycles. The van der Waals surface area contributed by atoms with Crippen molar-refractivity contribution in [1.29, 1.82) is 0 Å². The SMILES string of the molecule is O=C1NCN=C2CCC=C=CC=C12. The molecular weight excluding hydrogens is 164 g/mol. The van der Waals surface area contributed by atoms with Crippen LogP contribution in [0.4, 0.5) is 0 Å². The fourth-order valence-electron chi connectivity index (χ4n) is 1.40. The summed E-state index contributed by atoms with van der Waals surface area (Å²) in [5.41, 5.74) is 4.58. The Bertz CT molecular complexity index is 357. The van der Waals surface area contributed by atoms with Gasteiger partial charge in [-0.1, -0.05) is 0 Å². The van der Waals surface area contributed by atoms with Crippen LogP contribution in [0.15, 0.2) is 34.5 Å². The maximum atomic E-state index is 11.4. The highest BCUT2D eigenvalue weighted by Gasteiger charge is 2.18. The van der Waals surface area contributed by atoms with E-state index in [2.05, 4.69) is 16.0 Å². The molecule has 0 aromatic carbocycles. The Kier molecular flexibility index (Phi) is 2.11. The van der Waals surface area contributed by atoms with Crippen molar-refractivity contribution in [3.05, 3.63) is 29.5 Å². The number of carbonyl (C=O) groups excluding carboxylic acids is 1. The Hall–Kier alpha value is -1.60. The van der Waals surface area contributed by atoms with Crippen molar-refractivity contribution in [2.45, 2.75) is 12.8 Å². The van der Waals surface area contributed by atoms with Crippen molar-refractivity contribution in [2.75, 3.05) is 6.67 Å². The van der Waals surface area contributed by atoms with Gasteiger partial charge in [0, 0.05) is 0 Å². The number of nitrogens with one attached hydrogen (secondary N) is 1. The van der Waals surface area contributed by atoms with E-state index < -0.39 is 0 Å². The third-order valence-electron chi connectivity index (χ3n) is 2.05. The van der Waals surface area contributed by atoms with E-state index in [1.807, 2.05) is 6.08 Å². The predicted molar refractivity (Wildman–Crippen MR) is 50.4 cm³/mol. The van der Waals surface area contributed by atoms with E-state index in [0.29, 0.717) is 12.2 Å². The first-order valence-electron chi connectivity index (χ1n) is 4.31. The zero-order valence-electron chi connectivity index (χ0n) is 7.21. The van der Waals surface area contributed by atoms with Gasteiger partial charge in [0.1, 0.15) is 6.67 Å². The minimum absolute atomic E-state index is 0.0232. The van der Waals surface area contributed by atoms with Crippen molar-refractivity contribution in [2.24, 2.45) is 4.99 Å². The maximum absolute atomic E-state index is 11.4. The topological polar surface area (TPSA) is 41.5 Å². The second-order valence-corrected chi connectivity index (χ2v) is 2.93.